The molecule has 102 valence electrons. The van der Waals surface area contributed by atoms with Gasteiger partial charge in [-0.2, -0.15) is 0 Å². The van der Waals surface area contributed by atoms with Crippen molar-refractivity contribution in [2.24, 2.45) is 11.7 Å². The van der Waals surface area contributed by atoms with Gasteiger partial charge >= 0.3 is 0 Å². The van der Waals surface area contributed by atoms with Gasteiger partial charge in [0, 0.05) is 24.7 Å². The van der Waals surface area contributed by atoms with Crippen molar-refractivity contribution >= 4 is 0 Å². The number of nitrogens with zero attached hydrogens (tertiary/aromatic N) is 1. The van der Waals surface area contributed by atoms with E-state index in [4.69, 9.17) is 10.5 Å². The van der Waals surface area contributed by atoms with Crippen LogP contribution in [0.2, 0.25) is 0 Å². The summed E-state index contributed by atoms with van der Waals surface area (Å²) in [5.41, 5.74) is 6.18. The third-order valence-corrected chi connectivity index (χ3v) is 4.00. The molecule has 0 aromatic rings. The van der Waals surface area contributed by atoms with Crippen molar-refractivity contribution in [3.05, 3.63) is 0 Å². The summed E-state index contributed by atoms with van der Waals surface area (Å²) in [6.07, 6.45) is 2.75. The summed E-state index contributed by atoms with van der Waals surface area (Å²) in [6.45, 7) is 13.8. The van der Waals surface area contributed by atoms with Gasteiger partial charge in [0.25, 0.3) is 0 Å². The van der Waals surface area contributed by atoms with E-state index in [1.807, 2.05) is 0 Å². The van der Waals surface area contributed by atoms with E-state index in [0.29, 0.717) is 12.1 Å². The van der Waals surface area contributed by atoms with Crippen LogP contribution in [-0.4, -0.2) is 42.3 Å². The second kappa shape index (κ2) is 6.17. The molecule has 3 nitrogen and oxygen atoms in total. The monoisotopic (exact) mass is 242 g/mol. The standard InChI is InChI=1S/C14H30N2O/c1-11(2)6-7-14(5,10-15)16-8-13(4)17-9-12(16)3/h11-13H,6-10,15H2,1-5H3. The molecule has 0 bridgehead atoms. The van der Waals surface area contributed by atoms with E-state index in [9.17, 15) is 0 Å². The molecule has 3 unspecified atom stereocenters. The van der Waals surface area contributed by atoms with Gasteiger partial charge in [-0.05, 0) is 39.5 Å². The maximum Gasteiger partial charge on any atom is 0.0675 e. The van der Waals surface area contributed by atoms with Crippen molar-refractivity contribution in [1.29, 1.82) is 0 Å². The highest BCUT2D eigenvalue weighted by Gasteiger charge is 2.37. The van der Waals surface area contributed by atoms with Crippen LogP contribution in [0.25, 0.3) is 0 Å². The third-order valence-electron chi connectivity index (χ3n) is 4.00. The molecule has 1 rings (SSSR count). The van der Waals surface area contributed by atoms with Gasteiger partial charge in [-0.25, -0.2) is 0 Å². The molecular weight excluding hydrogens is 212 g/mol. The Balaban J connectivity index is 2.68. The number of nitrogens with two attached hydrogens (primary N) is 1. The van der Waals surface area contributed by atoms with Gasteiger partial charge in [0.05, 0.1) is 12.7 Å². The maximum atomic E-state index is 6.05. The second-order valence-corrected chi connectivity index (χ2v) is 6.28. The van der Waals surface area contributed by atoms with Crippen LogP contribution in [0.15, 0.2) is 0 Å². The smallest absolute Gasteiger partial charge is 0.0675 e. The molecule has 0 aromatic heterocycles. The first kappa shape index (κ1) is 14.9. The molecular formula is C14H30N2O. The zero-order valence-electron chi connectivity index (χ0n) is 12.2. The Labute approximate surface area is 107 Å². The summed E-state index contributed by atoms with van der Waals surface area (Å²) in [5.74, 6) is 0.745. The van der Waals surface area contributed by atoms with Gasteiger partial charge in [0.2, 0.25) is 0 Å². The molecule has 1 heterocycles. The predicted octanol–water partition coefficient (Wildman–Crippen LogP) is 2.25. The van der Waals surface area contributed by atoms with Gasteiger partial charge in [-0.3, -0.25) is 4.90 Å². The fraction of sp³-hybridized carbons (Fsp3) is 1.00. The zero-order chi connectivity index (χ0) is 13.1. The average molecular weight is 242 g/mol. The quantitative estimate of drug-likeness (QED) is 0.803. The summed E-state index contributed by atoms with van der Waals surface area (Å²) in [7, 11) is 0. The lowest BCUT2D eigenvalue weighted by atomic mass is 9.88. The van der Waals surface area contributed by atoms with Crippen LogP contribution in [-0.2, 0) is 4.74 Å². The summed E-state index contributed by atoms with van der Waals surface area (Å²) < 4.78 is 5.70. The highest BCUT2D eigenvalue weighted by molar-refractivity contribution is 4.93. The van der Waals surface area contributed by atoms with Crippen LogP contribution in [0.4, 0.5) is 0 Å². The first-order valence-corrected chi connectivity index (χ1v) is 6.97. The fourth-order valence-electron chi connectivity index (χ4n) is 2.62. The van der Waals surface area contributed by atoms with E-state index in [0.717, 1.165) is 25.6 Å². The minimum absolute atomic E-state index is 0.127. The molecule has 1 saturated heterocycles. The number of rotatable bonds is 5. The van der Waals surface area contributed by atoms with Crippen LogP contribution >= 0.6 is 0 Å². The Bertz CT molecular complexity index is 232. The molecule has 0 spiro atoms. The summed E-state index contributed by atoms with van der Waals surface area (Å²) in [5, 5.41) is 0. The summed E-state index contributed by atoms with van der Waals surface area (Å²) in [4.78, 5) is 2.56. The van der Waals surface area contributed by atoms with Gasteiger partial charge in [0.15, 0.2) is 0 Å². The molecule has 0 saturated carbocycles. The normalized spacial score (nSPS) is 30.5. The molecule has 3 atom stereocenters. The van der Waals surface area contributed by atoms with E-state index in [-0.39, 0.29) is 5.54 Å². The summed E-state index contributed by atoms with van der Waals surface area (Å²) >= 11 is 0. The van der Waals surface area contributed by atoms with E-state index in [2.05, 4.69) is 39.5 Å². The highest BCUT2D eigenvalue weighted by Crippen LogP contribution is 2.27. The predicted molar refractivity (Wildman–Crippen MR) is 73.1 cm³/mol. The van der Waals surface area contributed by atoms with Gasteiger partial charge in [-0.15, -0.1) is 0 Å². The van der Waals surface area contributed by atoms with E-state index < -0.39 is 0 Å². The van der Waals surface area contributed by atoms with Crippen molar-refractivity contribution in [1.82, 2.24) is 4.90 Å². The molecule has 0 aromatic carbocycles. The molecule has 0 aliphatic carbocycles. The lowest BCUT2D eigenvalue weighted by Gasteiger charge is -2.48. The molecule has 1 aliphatic rings. The van der Waals surface area contributed by atoms with Crippen molar-refractivity contribution in [3.63, 3.8) is 0 Å². The molecule has 0 radical (unpaired) electrons. The van der Waals surface area contributed by atoms with Crippen LogP contribution in [0.3, 0.4) is 0 Å². The van der Waals surface area contributed by atoms with Gasteiger partial charge in [0.1, 0.15) is 0 Å². The first-order chi connectivity index (χ1) is 7.89. The number of ether oxygens (including phenoxy) is 1. The maximum absolute atomic E-state index is 6.05. The van der Waals surface area contributed by atoms with Gasteiger partial charge in [-0.1, -0.05) is 13.8 Å². The minimum atomic E-state index is 0.127. The minimum Gasteiger partial charge on any atom is -0.376 e. The highest BCUT2D eigenvalue weighted by atomic mass is 16.5. The Morgan fingerprint density at radius 3 is 2.59 bits per heavy atom. The molecule has 1 fully saturated rings. The van der Waals surface area contributed by atoms with E-state index in [1.165, 1.54) is 12.8 Å². The lowest BCUT2D eigenvalue weighted by Crippen LogP contribution is -2.61. The van der Waals surface area contributed by atoms with Crippen LogP contribution < -0.4 is 5.73 Å². The van der Waals surface area contributed by atoms with Gasteiger partial charge < -0.3 is 10.5 Å². The molecule has 2 N–H and O–H groups in total. The number of hydrogen-bond donors (Lipinski definition) is 1. The van der Waals surface area contributed by atoms with Crippen molar-refractivity contribution in [3.8, 4) is 0 Å². The Hall–Kier alpha value is -0.120. The SMILES string of the molecule is CC(C)CCC(C)(CN)N1CC(C)OCC1C. The Kier molecular flexibility index (Phi) is 5.42. The fourth-order valence-corrected chi connectivity index (χ4v) is 2.62. The van der Waals surface area contributed by atoms with Crippen molar-refractivity contribution in [2.45, 2.75) is 65.1 Å². The van der Waals surface area contributed by atoms with E-state index in [1.54, 1.807) is 0 Å². The Morgan fingerprint density at radius 1 is 1.41 bits per heavy atom. The van der Waals surface area contributed by atoms with Crippen LogP contribution in [0, 0.1) is 5.92 Å². The second-order valence-electron chi connectivity index (χ2n) is 6.28. The average Bonchev–Trinajstić information content (AvgIpc) is 2.29. The topological polar surface area (TPSA) is 38.5 Å². The largest absolute Gasteiger partial charge is 0.376 e. The number of morpholine rings is 1. The summed E-state index contributed by atoms with van der Waals surface area (Å²) in [6, 6.07) is 0.479. The van der Waals surface area contributed by atoms with Crippen molar-refractivity contribution < 1.29 is 4.74 Å². The molecule has 17 heavy (non-hydrogen) atoms. The van der Waals surface area contributed by atoms with Crippen LogP contribution in [0.1, 0.15) is 47.5 Å². The molecule has 1 aliphatic heterocycles. The molecule has 3 heteroatoms. The molecule has 0 amide bonds. The number of hydrogen-bond acceptors (Lipinski definition) is 3. The Morgan fingerprint density at radius 2 is 2.06 bits per heavy atom. The third kappa shape index (κ3) is 3.94. The first-order valence-electron chi connectivity index (χ1n) is 6.97. The van der Waals surface area contributed by atoms with E-state index >= 15 is 0 Å². The van der Waals surface area contributed by atoms with Crippen molar-refractivity contribution in [2.75, 3.05) is 19.7 Å². The lowest BCUT2D eigenvalue weighted by molar-refractivity contribution is -0.0909. The van der Waals surface area contributed by atoms with Crippen LogP contribution in [0.5, 0.6) is 0 Å². The zero-order valence-corrected chi connectivity index (χ0v) is 12.2.